The molecule has 0 aliphatic carbocycles. The molecule has 1 rings (SSSR count). The van der Waals surface area contributed by atoms with Crippen molar-refractivity contribution >= 4 is 0 Å². The Labute approximate surface area is 112 Å². The molecule has 0 atom stereocenters. The zero-order chi connectivity index (χ0) is 13.1. The molecule has 0 unspecified atom stereocenters. The van der Waals surface area contributed by atoms with Crippen LogP contribution >= 0.6 is 0 Å². The minimum atomic E-state index is 0.730. The van der Waals surface area contributed by atoms with Crippen LogP contribution in [0.25, 0.3) is 0 Å². The van der Waals surface area contributed by atoms with Crippen LogP contribution in [-0.2, 0) is 9.47 Å². The van der Waals surface area contributed by atoms with Crippen LogP contribution in [0.5, 0.6) is 0 Å². The van der Waals surface area contributed by atoms with E-state index in [2.05, 4.69) is 23.6 Å². The molecule has 4 heteroatoms. The smallest absolute Gasteiger partial charge is 0.0701 e. The number of hydrogen-bond donors (Lipinski definition) is 0. The van der Waals surface area contributed by atoms with Gasteiger partial charge in [0.2, 0.25) is 0 Å². The van der Waals surface area contributed by atoms with Gasteiger partial charge >= 0.3 is 0 Å². The molecule has 0 aromatic heterocycles. The fourth-order valence-corrected chi connectivity index (χ4v) is 2.11. The summed E-state index contributed by atoms with van der Waals surface area (Å²) < 4.78 is 10.9. The van der Waals surface area contributed by atoms with E-state index in [1.54, 1.807) is 0 Å². The quantitative estimate of drug-likeness (QED) is 0.528. The lowest BCUT2D eigenvalue weighted by molar-refractivity contribution is 0.0395. The van der Waals surface area contributed by atoms with Gasteiger partial charge in [0.05, 0.1) is 26.5 Å². The van der Waals surface area contributed by atoms with Gasteiger partial charge in [-0.3, -0.25) is 9.80 Å². The van der Waals surface area contributed by atoms with Gasteiger partial charge in [-0.25, -0.2) is 0 Å². The molecular weight excluding hydrogens is 228 g/mol. The summed E-state index contributed by atoms with van der Waals surface area (Å²) in [6, 6.07) is 0. The van der Waals surface area contributed by atoms with Crippen LogP contribution in [0.3, 0.4) is 0 Å². The van der Waals surface area contributed by atoms with Gasteiger partial charge in [0.25, 0.3) is 0 Å². The summed E-state index contributed by atoms with van der Waals surface area (Å²) in [5.74, 6) is 0. The highest BCUT2D eigenvalue weighted by Crippen LogP contribution is 2.05. The second-order valence-corrected chi connectivity index (χ2v) is 4.96. The van der Waals surface area contributed by atoms with Crippen molar-refractivity contribution in [2.45, 2.75) is 33.1 Å². The van der Waals surface area contributed by atoms with Crippen molar-refractivity contribution in [3.8, 4) is 0 Å². The number of ether oxygens (including phenoxy) is 2. The first-order valence-electron chi connectivity index (χ1n) is 7.47. The molecule has 0 aromatic rings. The monoisotopic (exact) mass is 258 g/mol. The summed E-state index contributed by atoms with van der Waals surface area (Å²) in [4.78, 5) is 5.01. The molecular formula is C14H30N2O2. The van der Waals surface area contributed by atoms with E-state index in [9.17, 15) is 0 Å². The summed E-state index contributed by atoms with van der Waals surface area (Å²) in [6.45, 7) is 13.4. The Bertz CT molecular complexity index is 191. The molecule has 108 valence electrons. The first-order chi connectivity index (χ1) is 8.86. The summed E-state index contributed by atoms with van der Waals surface area (Å²) in [5.41, 5.74) is 0. The minimum Gasteiger partial charge on any atom is -0.379 e. The third-order valence-electron chi connectivity index (χ3n) is 3.23. The minimum absolute atomic E-state index is 0.730. The molecule has 0 amide bonds. The lowest BCUT2D eigenvalue weighted by atomic mass is 10.3. The highest BCUT2D eigenvalue weighted by Gasteiger charge is 2.18. The molecule has 18 heavy (non-hydrogen) atoms. The van der Waals surface area contributed by atoms with Crippen molar-refractivity contribution in [2.75, 3.05) is 59.3 Å². The Morgan fingerprint density at radius 1 is 0.778 bits per heavy atom. The fourth-order valence-electron chi connectivity index (χ4n) is 2.11. The van der Waals surface area contributed by atoms with E-state index in [1.807, 2.05) is 0 Å². The van der Waals surface area contributed by atoms with Gasteiger partial charge in [-0.05, 0) is 19.4 Å². The van der Waals surface area contributed by atoms with Crippen LogP contribution in [0.2, 0.25) is 0 Å². The standard InChI is InChI=1S/C14H30N2O2/c1-3-5-6-15-7-8-16(14-15)9-11-18-13-12-17-10-4-2/h3-14H2,1-2H3. The molecule has 4 nitrogen and oxygen atoms in total. The Balaban J connectivity index is 1.88. The lowest BCUT2D eigenvalue weighted by Crippen LogP contribution is -2.29. The maximum atomic E-state index is 5.57. The van der Waals surface area contributed by atoms with Gasteiger partial charge in [0, 0.05) is 26.2 Å². The first-order valence-corrected chi connectivity index (χ1v) is 7.47. The molecule has 1 aliphatic rings. The van der Waals surface area contributed by atoms with E-state index in [0.29, 0.717) is 0 Å². The molecule has 0 spiro atoms. The van der Waals surface area contributed by atoms with Crippen LogP contribution in [0, 0.1) is 0 Å². The van der Waals surface area contributed by atoms with Crippen molar-refractivity contribution in [2.24, 2.45) is 0 Å². The zero-order valence-corrected chi connectivity index (χ0v) is 12.2. The third-order valence-corrected chi connectivity index (χ3v) is 3.23. The number of hydrogen-bond acceptors (Lipinski definition) is 4. The highest BCUT2D eigenvalue weighted by molar-refractivity contribution is 4.70. The fraction of sp³-hybridized carbons (Fsp3) is 1.00. The maximum absolute atomic E-state index is 5.57. The Morgan fingerprint density at radius 2 is 1.44 bits per heavy atom. The molecule has 0 saturated carbocycles. The van der Waals surface area contributed by atoms with Crippen molar-refractivity contribution in [1.82, 2.24) is 9.80 Å². The second kappa shape index (κ2) is 10.7. The van der Waals surface area contributed by atoms with Gasteiger partial charge in [0.1, 0.15) is 0 Å². The van der Waals surface area contributed by atoms with Crippen LogP contribution < -0.4 is 0 Å². The predicted octanol–water partition coefficient (Wildman–Crippen LogP) is 1.80. The van der Waals surface area contributed by atoms with E-state index in [-0.39, 0.29) is 0 Å². The highest BCUT2D eigenvalue weighted by atomic mass is 16.5. The summed E-state index contributed by atoms with van der Waals surface area (Å²) >= 11 is 0. The molecule has 1 fully saturated rings. The van der Waals surface area contributed by atoms with E-state index in [1.165, 1.54) is 32.5 Å². The van der Waals surface area contributed by atoms with Crippen molar-refractivity contribution < 1.29 is 9.47 Å². The number of unbranched alkanes of at least 4 members (excludes halogenated alkanes) is 1. The molecule has 1 saturated heterocycles. The van der Waals surface area contributed by atoms with E-state index >= 15 is 0 Å². The average Bonchev–Trinajstić information content (AvgIpc) is 2.83. The lowest BCUT2D eigenvalue weighted by Gasteiger charge is -2.17. The summed E-state index contributed by atoms with van der Waals surface area (Å²) in [6.07, 6.45) is 3.69. The Kier molecular flexibility index (Phi) is 9.48. The second-order valence-electron chi connectivity index (χ2n) is 4.96. The molecule has 0 bridgehead atoms. The predicted molar refractivity (Wildman–Crippen MR) is 74.9 cm³/mol. The molecule has 1 heterocycles. The van der Waals surface area contributed by atoms with Gasteiger partial charge < -0.3 is 9.47 Å². The van der Waals surface area contributed by atoms with Gasteiger partial charge in [-0.15, -0.1) is 0 Å². The third kappa shape index (κ3) is 7.31. The van der Waals surface area contributed by atoms with Crippen molar-refractivity contribution in [1.29, 1.82) is 0 Å². The van der Waals surface area contributed by atoms with Gasteiger partial charge in [-0.2, -0.15) is 0 Å². The van der Waals surface area contributed by atoms with E-state index in [0.717, 1.165) is 46.1 Å². The number of rotatable bonds is 11. The SMILES string of the molecule is CCCCN1CCN(CCOCCOCCC)C1. The molecule has 1 aliphatic heterocycles. The summed E-state index contributed by atoms with van der Waals surface area (Å²) in [7, 11) is 0. The van der Waals surface area contributed by atoms with E-state index < -0.39 is 0 Å². The molecule has 0 N–H and O–H groups in total. The summed E-state index contributed by atoms with van der Waals surface area (Å²) in [5, 5.41) is 0. The van der Waals surface area contributed by atoms with Gasteiger partial charge in [0.15, 0.2) is 0 Å². The van der Waals surface area contributed by atoms with Crippen LogP contribution in [0.1, 0.15) is 33.1 Å². The Hall–Kier alpha value is -0.160. The average molecular weight is 258 g/mol. The van der Waals surface area contributed by atoms with Crippen molar-refractivity contribution in [3.05, 3.63) is 0 Å². The molecule has 0 aromatic carbocycles. The normalized spacial score (nSPS) is 17.7. The maximum Gasteiger partial charge on any atom is 0.0701 e. The van der Waals surface area contributed by atoms with Gasteiger partial charge in [-0.1, -0.05) is 20.3 Å². The van der Waals surface area contributed by atoms with Crippen molar-refractivity contribution in [3.63, 3.8) is 0 Å². The number of nitrogens with zero attached hydrogens (tertiary/aromatic N) is 2. The zero-order valence-electron chi connectivity index (χ0n) is 12.2. The van der Waals surface area contributed by atoms with Crippen LogP contribution in [0.15, 0.2) is 0 Å². The largest absolute Gasteiger partial charge is 0.379 e. The first kappa shape index (κ1) is 15.9. The Morgan fingerprint density at radius 3 is 2.11 bits per heavy atom. The molecule has 0 radical (unpaired) electrons. The topological polar surface area (TPSA) is 24.9 Å². The van der Waals surface area contributed by atoms with Crippen LogP contribution in [-0.4, -0.2) is 69.1 Å². The van der Waals surface area contributed by atoms with Crippen LogP contribution in [0.4, 0.5) is 0 Å². The van der Waals surface area contributed by atoms with E-state index in [4.69, 9.17) is 9.47 Å².